The standard InChI is InChI=1S/C22H20N2O2/c25-22(13-10-17-6-2-1-3-7-17)24-15-14-19(16-24)26-21-12-11-18-8-4-5-9-20(18)23-21/h1-13,19H,14-16H2/b13-10+. The Bertz CT molecular complexity index is 937. The molecule has 0 saturated carbocycles. The van der Waals surface area contributed by atoms with Crippen molar-refractivity contribution in [3.05, 3.63) is 78.4 Å². The number of para-hydroxylation sites is 1. The summed E-state index contributed by atoms with van der Waals surface area (Å²) in [5.74, 6) is 0.634. The molecule has 1 aliphatic rings. The highest BCUT2D eigenvalue weighted by Gasteiger charge is 2.26. The van der Waals surface area contributed by atoms with E-state index in [9.17, 15) is 4.79 Å². The number of benzene rings is 2. The van der Waals surface area contributed by atoms with E-state index in [1.807, 2.05) is 77.7 Å². The molecule has 0 bridgehead atoms. The third kappa shape index (κ3) is 3.75. The summed E-state index contributed by atoms with van der Waals surface area (Å²) in [4.78, 5) is 18.7. The van der Waals surface area contributed by atoms with Gasteiger partial charge in [-0.25, -0.2) is 4.98 Å². The predicted octanol–water partition coefficient (Wildman–Crippen LogP) is 3.93. The van der Waals surface area contributed by atoms with Gasteiger partial charge in [0.15, 0.2) is 0 Å². The molecule has 130 valence electrons. The minimum absolute atomic E-state index is 0.0160. The van der Waals surface area contributed by atoms with E-state index in [0.29, 0.717) is 19.0 Å². The fourth-order valence-corrected chi connectivity index (χ4v) is 3.15. The minimum atomic E-state index is -0.0160. The number of carbonyl (C=O) groups is 1. The number of likely N-dealkylation sites (tertiary alicyclic amines) is 1. The Morgan fingerprint density at radius 3 is 2.73 bits per heavy atom. The molecule has 26 heavy (non-hydrogen) atoms. The van der Waals surface area contributed by atoms with Crippen LogP contribution in [-0.2, 0) is 4.79 Å². The van der Waals surface area contributed by atoms with E-state index in [0.717, 1.165) is 22.9 Å². The molecule has 4 rings (SSSR count). The van der Waals surface area contributed by atoms with Crippen LogP contribution in [0, 0.1) is 0 Å². The maximum absolute atomic E-state index is 12.4. The number of rotatable bonds is 4. The molecule has 1 amide bonds. The maximum Gasteiger partial charge on any atom is 0.246 e. The molecule has 3 aromatic rings. The average Bonchev–Trinajstić information content (AvgIpc) is 3.15. The molecule has 1 fully saturated rings. The second kappa shape index (κ2) is 7.40. The van der Waals surface area contributed by atoms with Crippen LogP contribution in [0.15, 0.2) is 72.8 Å². The van der Waals surface area contributed by atoms with E-state index in [1.54, 1.807) is 6.08 Å². The van der Waals surface area contributed by atoms with Gasteiger partial charge in [-0.2, -0.15) is 0 Å². The fourth-order valence-electron chi connectivity index (χ4n) is 3.15. The topological polar surface area (TPSA) is 42.4 Å². The second-order valence-corrected chi connectivity index (χ2v) is 6.40. The number of ether oxygens (including phenoxy) is 1. The lowest BCUT2D eigenvalue weighted by atomic mass is 10.2. The van der Waals surface area contributed by atoms with E-state index in [2.05, 4.69) is 4.98 Å². The van der Waals surface area contributed by atoms with Gasteiger partial charge in [0.1, 0.15) is 6.10 Å². The highest BCUT2D eigenvalue weighted by atomic mass is 16.5. The molecule has 0 N–H and O–H groups in total. The molecule has 1 aliphatic heterocycles. The number of hydrogen-bond donors (Lipinski definition) is 0. The zero-order chi connectivity index (χ0) is 17.8. The normalized spacial score (nSPS) is 17.1. The third-order valence-electron chi connectivity index (χ3n) is 4.53. The van der Waals surface area contributed by atoms with Gasteiger partial charge >= 0.3 is 0 Å². The molecule has 4 heteroatoms. The van der Waals surface area contributed by atoms with Crippen molar-refractivity contribution in [2.75, 3.05) is 13.1 Å². The third-order valence-corrected chi connectivity index (χ3v) is 4.53. The largest absolute Gasteiger partial charge is 0.472 e. The van der Waals surface area contributed by atoms with Crippen LogP contribution in [-0.4, -0.2) is 35.0 Å². The Morgan fingerprint density at radius 1 is 1.04 bits per heavy atom. The van der Waals surface area contributed by atoms with Crippen LogP contribution >= 0.6 is 0 Å². The molecule has 1 atom stereocenters. The number of pyridine rings is 1. The first-order valence-electron chi connectivity index (χ1n) is 8.82. The summed E-state index contributed by atoms with van der Waals surface area (Å²) in [6, 6.07) is 21.7. The van der Waals surface area contributed by atoms with Crippen LogP contribution in [0.5, 0.6) is 5.88 Å². The molecule has 0 radical (unpaired) electrons. The van der Waals surface area contributed by atoms with Gasteiger partial charge in [0.2, 0.25) is 11.8 Å². The average molecular weight is 344 g/mol. The quantitative estimate of drug-likeness (QED) is 0.674. The van der Waals surface area contributed by atoms with Crippen molar-refractivity contribution in [2.45, 2.75) is 12.5 Å². The summed E-state index contributed by atoms with van der Waals surface area (Å²) in [5, 5.41) is 1.09. The van der Waals surface area contributed by atoms with Gasteiger partial charge in [-0.3, -0.25) is 4.79 Å². The van der Waals surface area contributed by atoms with Crippen LogP contribution in [0.3, 0.4) is 0 Å². The molecule has 0 aliphatic carbocycles. The van der Waals surface area contributed by atoms with Crippen molar-refractivity contribution in [1.29, 1.82) is 0 Å². The molecule has 1 saturated heterocycles. The van der Waals surface area contributed by atoms with E-state index >= 15 is 0 Å². The first-order chi connectivity index (χ1) is 12.8. The van der Waals surface area contributed by atoms with Gasteiger partial charge in [0, 0.05) is 30.5 Å². The van der Waals surface area contributed by atoms with Crippen molar-refractivity contribution in [3.63, 3.8) is 0 Å². The molecule has 1 unspecified atom stereocenters. The Balaban J connectivity index is 1.37. The van der Waals surface area contributed by atoms with Crippen LogP contribution in [0.25, 0.3) is 17.0 Å². The van der Waals surface area contributed by atoms with Crippen molar-refractivity contribution >= 4 is 22.9 Å². The van der Waals surface area contributed by atoms with Crippen LogP contribution in [0.2, 0.25) is 0 Å². The molecule has 1 aromatic heterocycles. The maximum atomic E-state index is 12.4. The highest BCUT2D eigenvalue weighted by molar-refractivity contribution is 5.92. The SMILES string of the molecule is O=C(/C=C/c1ccccc1)N1CCC(Oc2ccc3ccccc3n2)C1. The van der Waals surface area contributed by atoms with E-state index in [-0.39, 0.29) is 12.0 Å². The minimum Gasteiger partial charge on any atom is -0.472 e. The van der Waals surface area contributed by atoms with Gasteiger partial charge in [-0.05, 0) is 23.8 Å². The van der Waals surface area contributed by atoms with E-state index in [1.165, 1.54) is 0 Å². The molecule has 2 aromatic carbocycles. The van der Waals surface area contributed by atoms with Crippen molar-refractivity contribution in [3.8, 4) is 5.88 Å². The fraction of sp³-hybridized carbons (Fsp3) is 0.182. The lowest BCUT2D eigenvalue weighted by Crippen LogP contribution is -2.29. The summed E-state index contributed by atoms with van der Waals surface area (Å²) >= 11 is 0. The molecule has 2 heterocycles. The Hall–Kier alpha value is -3.14. The summed E-state index contributed by atoms with van der Waals surface area (Å²) < 4.78 is 6.00. The zero-order valence-corrected chi connectivity index (χ0v) is 14.4. The van der Waals surface area contributed by atoms with Crippen LogP contribution < -0.4 is 4.74 Å². The molecule has 4 nitrogen and oxygen atoms in total. The smallest absolute Gasteiger partial charge is 0.246 e. The Kier molecular flexibility index (Phi) is 4.65. The van der Waals surface area contributed by atoms with E-state index < -0.39 is 0 Å². The Labute approximate surface area is 152 Å². The van der Waals surface area contributed by atoms with E-state index in [4.69, 9.17) is 4.74 Å². The lowest BCUT2D eigenvalue weighted by Gasteiger charge is -2.15. The number of aromatic nitrogens is 1. The number of carbonyl (C=O) groups excluding carboxylic acids is 1. The lowest BCUT2D eigenvalue weighted by molar-refractivity contribution is -0.125. The number of hydrogen-bond acceptors (Lipinski definition) is 3. The van der Waals surface area contributed by atoms with Gasteiger partial charge in [0.25, 0.3) is 0 Å². The highest BCUT2D eigenvalue weighted by Crippen LogP contribution is 2.20. The predicted molar refractivity (Wildman–Crippen MR) is 103 cm³/mol. The summed E-state index contributed by atoms with van der Waals surface area (Å²) in [6.45, 7) is 1.29. The monoisotopic (exact) mass is 344 g/mol. The van der Waals surface area contributed by atoms with Gasteiger partial charge in [-0.1, -0.05) is 48.5 Å². The van der Waals surface area contributed by atoms with Gasteiger partial charge in [0.05, 0.1) is 12.1 Å². The summed E-state index contributed by atoms with van der Waals surface area (Å²) in [7, 11) is 0. The van der Waals surface area contributed by atoms with Crippen molar-refractivity contribution in [1.82, 2.24) is 9.88 Å². The second-order valence-electron chi connectivity index (χ2n) is 6.40. The number of amides is 1. The zero-order valence-electron chi connectivity index (χ0n) is 14.4. The van der Waals surface area contributed by atoms with Gasteiger partial charge in [-0.15, -0.1) is 0 Å². The van der Waals surface area contributed by atoms with Gasteiger partial charge < -0.3 is 9.64 Å². The Morgan fingerprint density at radius 2 is 1.85 bits per heavy atom. The van der Waals surface area contributed by atoms with Crippen molar-refractivity contribution in [2.24, 2.45) is 0 Å². The van der Waals surface area contributed by atoms with Crippen molar-refractivity contribution < 1.29 is 9.53 Å². The summed E-state index contributed by atoms with van der Waals surface area (Å²) in [6.07, 6.45) is 4.28. The molecule has 0 spiro atoms. The molecular formula is C22H20N2O2. The number of fused-ring (bicyclic) bond motifs is 1. The first-order valence-corrected chi connectivity index (χ1v) is 8.82. The first kappa shape index (κ1) is 16.3. The van der Waals surface area contributed by atoms with Crippen LogP contribution in [0.4, 0.5) is 0 Å². The number of nitrogens with zero attached hydrogens (tertiary/aromatic N) is 2. The van der Waals surface area contributed by atoms with Crippen LogP contribution in [0.1, 0.15) is 12.0 Å². The molecular weight excluding hydrogens is 324 g/mol. The summed E-state index contributed by atoms with van der Waals surface area (Å²) in [5.41, 5.74) is 1.94.